The minimum Gasteiger partial charge on any atom is -0.393 e. The molecule has 0 spiro atoms. The third-order valence-electron chi connectivity index (χ3n) is 6.55. The molecule has 4 rings (SSSR count). The van der Waals surface area contributed by atoms with Crippen LogP contribution in [-0.2, 0) is 9.13 Å². The summed E-state index contributed by atoms with van der Waals surface area (Å²) in [6.45, 7) is 5.60. The Morgan fingerprint density at radius 2 is 0.780 bits per heavy atom. The number of hydrogen-bond acceptors (Lipinski definition) is 4. The van der Waals surface area contributed by atoms with E-state index in [0.717, 1.165) is 19.3 Å². The lowest BCUT2D eigenvalue weighted by Crippen LogP contribution is -2.27. The highest BCUT2D eigenvalue weighted by molar-refractivity contribution is 7.73. The van der Waals surface area contributed by atoms with Gasteiger partial charge in [-0.1, -0.05) is 92.6 Å². The molecule has 4 aromatic rings. The van der Waals surface area contributed by atoms with Gasteiger partial charge in [-0.15, -0.1) is 0 Å². The second-order valence-corrected chi connectivity index (χ2v) is 14.2. The van der Waals surface area contributed by atoms with Crippen LogP contribution < -0.4 is 21.2 Å². The van der Waals surface area contributed by atoms with Crippen molar-refractivity contribution in [3.05, 3.63) is 121 Å². The van der Waals surface area contributed by atoms with Gasteiger partial charge in [0.1, 0.15) is 0 Å². The number of aliphatic hydroxyl groups is 2. The van der Waals surface area contributed by atoms with Crippen LogP contribution >= 0.6 is 14.7 Å². The third kappa shape index (κ3) is 10.8. The lowest BCUT2D eigenvalue weighted by molar-refractivity contribution is 0.0261. The van der Waals surface area contributed by atoms with Crippen molar-refractivity contribution in [3.63, 3.8) is 0 Å². The van der Waals surface area contributed by atoms with Crippen LogP contribution in [0.1, 0.15) is 40.0 Å². The zero-order chi connectivity index (χ0) is 30.3. The van der Waals surface area contributed by atoms with E-state index in [9.17, 15) is 29.1 Å². The first kappa shape index (κ1) is 34.4. The van der Waals surface area contributed by atoms with Gasteiger partial charge in [0.15, 0.2) is 0 Å². The molecule has 0 aromatic heterocycles. The summed E-state index contributed by atoms with van der Waals surface area (Å²) in [5.41, 5.74) is 0. The number of aliphatic hydroxyl groups excluding tert-OH is 2. The first-order valence-corrected chi connectivity index (χ1v) is 17.1. The smallest absolute Gasteiger partial charge is 0.258 e. The van der Waals surface area contributed by atoms with Crippen molar-refractivity contribution >= 4 is 36.0 Å². The Balaban J connectivity index is 0.000000219. The maximum atomic E-state index is 12.2. The van der Waals surface area contributed by atoms with Gasteiger partial charge in [0, 0.05) is 27.1 Å². The Labute approximate surface area is 244 Å². The monoisotopic (exact) mass is 596 g/mol. The van der Waals surface area contributed by atoms with Gasteiger partial charge in [0.05, 0.1) is 12.2 Å². The summed E-state index contributed by atoms with van der Waals surface area (Å²) < 4.78 is 24.3. The van der Waals surface area contributed by atoms with Crippen molar-refractivity contribution in [2.75, 3.05) is 0 Å². The highest BCUT2D eigenvalue weighted by Crippen LogP contribution is 2.38. The predicted octanol–water partition coefficient (Wildman–Crippen LogP) is 5.37. The van der Waals surface area contributed by atoms with Crippen molar-refractivity contribution < 1.29 is 29.1 Å². The molecule has 4 aromatic carbocycles. The van der Waals surface area contributed by atoms with Gasteiger partial charge < -0.3 is 20.0 Å². The van der Waals surface area contributed by atoms with Gasteiger partial charge in [0.25, 0.3) is 14.7 Å². The van der Waals surface area contributed by atoms with Crippen LogP contribution in [0, 0.1) is 5.92 Å². The summed E-state index contributed by atoms with van der Waals surface area (Å²) in [6, 6.07) is 34.8. The minimum absolute atomic E-state index is 0.0509. The van der Waals surface area contributed by atoms with E-state index in [0.29, 0.717) is 21.2 Å². The van der Waals surface area contributed by atoms with E-state index in [1.165, 1.54) is 0 Å². The lowest BCUT2D eigenvalue weighted by atomic mass is 9.92. The minimum atomic E-state index is -3.40. The third-order valence-corrected chi connectivity index (χ3v) is 10.5. The van der Waals surface area contributed by atoms with E-state index in [-0.39, 0.29) is 18.1 Å². The van der Waals surface area contributed by atoms with E-state index in [4.69, 9.17) is 0 Å². The summed E-state index contributed by atoms with van der Waals surface area (Å²) in [6.07, 6.45) is 2.35. The molecule has 0 amide bonds. The van der Waals surface area contributed by atoms with Crippen molar-refractivity contribution in [1.82, 2.24) is 0 Å². The standard InChI is InChI=1S/2C12H11O2P.C9H20O2/c2*13-15(14,11-7-3-1-4-8-11)12-9-5-2-6-10-12;1-4-5-6-9(7(2)10)8(3)11/h2*1-10H,(H,13,14);7-11H,4-6H2,1-3H3. The molecular weight excluding hydrogens is 554 g/mol. The fourth-order valence-corrected chi connectivity index (χ4v) is 7.04. The number of rotatable bonds is 9. The SMILES string of the molecule is CCCCC(C(C)O)C(C)O.O=P(O)(c1ccccc1)c1ccccc1.O=P(O)(c1ccccc1)c1ccccc1. The molecule has 0 aliphatic rings. The first-order valence-electron chi connectivity index (χ1n) is 13.8. The van der Waals surface area contributed by atoms with Gasteiger partial charge in [-0.25, -0.2) is 0 Å². The maximum Gasteiger partial charge on any atom is 0.258 e. The topological polar surface area (TPSA) is 115 Å². The molecule has 0 bridgehead atoms. The number of unbranched alkanes of at least 4 members (excludes halogenated alkanes) is 1. The molecule has 8 heteroatoms. The van der Waals surface area contributed by atoms with E-state index in [2.05, 4.69) is 6.92 Å². The van der Waals surface area contributed by atoms with E-state index in [1.54, 1.807) is 111 Å². The molecular formula is C33H42O6P2. The molecule has 4 N–H and O–H groups in total. The largest absolute Gasteiger partial charge is 0.393 e. The molecule has 0 saturated heterocycles. The van der Waals surface area contributed by atoms with Crippen molar-refractivity contribution in [2.24, 2.45) is 5.92 Å². The van der Waals surface area contributed by atoms with Gasteiger partial charge in [-0.2, -0.15) is 0 Å². The maximum absolute atomic E-state index is 12.2. The van der Waals surface area contributed by atoms with Gasteiger partial charge in [-0.3, -0.25) is 9.13 Å². The Morgan fingerprint density at radius 1 is 0.537 bits per heavy atom. The molecule has 0 saturated carbocycles. The van der Waals surface area contributed by atoms with Crippen molar-refractivity contribution in [3.8, 4) is 0 Å². The van der Waals surface area contributed by atoms with Gasteiger partial charge in [-0.05, 0) is 68.8 Å². The van der Waals surface area contributed by atoms with Crippen LogP contribution in [0.25, 0.3) is 0 Å². The summed E-state index contributed by atoms with van der Waals surface area (Å²) in [4.78, 5) is 20.0. The van der Waals surface area contributed by atoms with Crippen LogP contribution in [0.5, 0.6) is 0 Å². The van der Waals surface area contributed by atoms with Crippen molar-refractivity contribution in [1.29, 1.82) is 0 Å². The second-order valence-electron chi connectivity index (χ2n) is 9.78. The molecule has 0 aliphatic heterocycles. The Bertz CT molecular complexity index is 1160. The number of benzene rings is 4. The average molecular weight is 597 g/mol. The van der Waals surface area contributed by atoms with Crippen molar-refractivity contribution in [2.45, 2.75) is 52.2 Å². The Hall–Kier alpha value is -2.82. The van der Waals surface area contributed by atoms with E-state index in [1.807, 2.05) is 24.3 Å². The Morgan fingerprint density at radius 3 is 0.976 bits per heavy atom. The summed E-state index contributed by atoms with van der Waals surface area (Å²) in [7, 11) is -6.79. The first-order chi connectivity index (χ1) is 19.5. The molecule has 2 atom stereocenters. The summed E-state index contributed by atoms with van der Waals surface area (Å²) >= 11 is 0. The van der Waals surface area contributed by atoms with Gasteiger partial charge in [0.2, 0.25) is 0 Å². The van der Waals surface area contributed by atoms with Crippen LogP contribution in [0.15, 0.2) is 121 Å². The molecule has 0 fully saturated rings. The normalized spacial score (nSPS) is 13.4. The summed E-state index contributed by atoms with van der Waals surface area (Å²) in [5, 5.41) is 20.4. The van der Waals surface area contributed by atoms with Crippen LogP contribution in [0.2, 0.25) is 0 Å². The van der Waals surface area contributed by atoms with Gasteiger partial charge >= 0.3 is 0 Å². The van der Waals surface area contributed by atoms with E-state index < -0.39 is 14.7 Å². The molecule has 220 valence electrons. The highest BCUT2D eigenvalue weighted by Gasteiger charge is 2.24. The molecule has 0 radical (unpaired) electrons. The molecule has 6 nitrogen and oxygen atoms in total. The zero-order valence-corrected chi connectivity index (χ0v) is 25.7. The zero-order valence-electron chi connectivity index (χ0n) is 23.9. The Kier molecular flexibility index (Phi) is 14.4. The van der Waals surface area contributed by atoms with Crippen LogP contribution in [0.4, 0.5) is 0 Å². The lowest BCUT2D eigenvalue weighted by Gasteiger charge is -2.22. The number of hydrogen-bond donors (Lipinski definition) is 4. The highest BCUT2D eigenvalue weighted by atomic mass is 31.2. The fraction of sp³-hybridized carbons (Fsp3) is 0.273. The van der Waals surface area contributed by atoms with E-state index >= 15 is 0 Å². The average Bonchev–Trinajstić information content (AvgIpc) is 2.99. The summed E-state index contributed by atoms with van der Waals surface area (Å²) in [5.74, 6) is 0.0509. The molecule has 41 heavy (non-hydrogen) atoms. The second kappa shape index (κ2) is 17.2. The fourth-order valence-electron chi connectivity index (χ4n) is 4.14. The molecule has 0 heterocycles. The van der Waals surface area contributed by atoms with Crippen LogP contribution in [0.3, 0.4) is 0 Å². The molecule has 0 aliphatic carbocycles. The quantitative estimate of drug-likeness (QED) is 0.193. The predicted molar refractivity (Wildman–Crippen MR) is 170 cm³/mol. The van der Waals surface area contributed by atoms with Crippen LogP contribution in [-0.4, -0.2) is 32.2 Å². The molecule has 2 unspecified atom stereocenters.